The highest BCUT2D eigenvalue weighted by Gasteiger charge is 2.27. The molecule has 1 fully saturated rings. The number of nitrogens with zero attached hydrogens (tertiary/aromatic N) is 3. The summed E-state index contributed by atoms with van der Waals surface area (Å²) >= 11 is 0. The molecule has 5 N–H and O–H groups in total. The number of primary amides is 1. The second-order valence-electron chi connectivity index (χ2n) is 6.01. The Morgan fingerprint density at radius 1 is 1.50 bits per heavy atom. The second-order valence-corrected chi connectivity index (χ2v) is 6.01. The van der Waals surface area contributed by atoms with Gasteiger partial charge in [-0.3, -0.25) is 14.9 Å². The van der Waals surface area contributed by atoms with Gasteiger partial charge in [0, 0.05) is 18.0 Å². The van der Waals surface area contributed by atoms with Crippen molar-refractivity contribution in [2.24, 2.45) is 11.7 Å². The highest BCUT2D eigenvalue weighted by molar-refractivity contribution is 5.76. The number of rotatable bonds is 7. The van der Waals surface area contributed by atoms with Gasteiger partial charge in [0.25, 0.3) is 0 Å². The lowest BCUT2D eigenvalue weighted by Gasteiger charge is -2.27. The minimum atomic E-state index is -0.545. The number of hydrogen-bond acceptors (Lipinski definition) is 8. The largest absolute Gasteiger partial charge is 0.394 e. The van der Waals surface area contributed by atoms with Crippen LogP contribution in [-0.4, -0.2) is 44.6 Å². The molecule has 1 atom stereocenters. The molecule has 1 aromatic heterocycles. The first kappa shape index (κ1) is 17.9. The summed E-state index contributed by atoms with van der Waals surface area (Å²) in [4.78, 5) is 29.9. The third-order valence-corrected chi connectivity index (χ3v) is 4.09. The SMILES string of the molecule is C[C@@H](CO)Nc1ncc([N+](=O)[O-])c(N[C@H]2CC[C@H](C(N)=O)CC2)n1. The van der Waals surface area contributed by atoms with Gasteiger partial charge in [0.05, 0.1) is 11.5 Å². The monoisotopic (exact) mass is 338 g/mol. The van der Waals surface area contributed by atoms with Crippen molar-refractivity contribution in [2.45, 2.75) is 44.7 Å². The van der Waals surface area contributed by atoms with Gasteiger partial charge in [-0.15, -0.1) is 0 Å². The maximum atomic E-state index is 11.2. The Morgan fingerprint density at radius 3 is 2.71 bits per heavy atom. The molecule has 0 unspecified atom stereocenters. The second kappa shape index (κ2) is 7.86. The molecule has 1 saturated carbocycles. The van der Waals surface area contributed by atoms with E-state index in [-0.39, 0.29) is 48.0 Å². The van der Waals surface area contributed by atoms with Crippen molar-refractivity contribution in [3.8, 4) is 0 Å². The van der Waals surface area contributed by atoms with Crippen LogP contribution in [0.15, 0.2) is 6.20 Å². The van der Waals surface area contributed by atoms with E-state index in [0.29, 0.717) is 25.7 Å². The van der Waals surface area contributed by atoms with Crippen molar-refractivity contribution in [2.75, 3.05) is 17.2 Å². The third kappa shape index (κ3) is 4.51. The predicted octanol–water partition coefficient (Wildman–Crippen LogP) is 0.633. The molecule has 0 spiro atoms. The molecule has 0 saturated heterocycles. The molecule has 1 aliphatic carbocycles. The number of nitro groups is 1. The minimum Gasteiger partial charge on any atom is -0.394 e. The Bertz CT molecular complexity index is 603. The minimum absolute atomic E-state index is 0.0164. The number of aromatic nitrogens is 2. The van der Waals surface area contributed by atoms with E-state index in [4.69, 9.17) is 10.8 Å². The highest BCUT2D eigenvalue weighted by atomic mass is 16.6. The van der Waals surface area contributed by atoms with Crippen LogP contribution in [0.25, 0.3) is 0 Å². The number of carbonyl (C=O) groups is 1. The molecule has 1 heterocycles. The molecule has 2 rings (SSSR count). The lowest BCUT2D eigenvalue weighted by molar-refractivity contribution is -0.384. The summed E-state index contributed by atoms with van der Waals surface area (Å²) in [5, 5.41) is 26.2. The quantitative estimate of drug-likeness (QED) is 0.416. The summed E-state index contributed by atoms with van der Waals surface area (Å²) in [6.45, 7) is 1.63. The van der Waals surface area contributed by atoms with Gasteiger partial charge >= 0.3 is 5.69 Å². The lowest BCUT2D eigenvalue weighted by Crippen LogP contribution is -2.33. The van der Waals surface area contributed by atoms with E-state index in [0.717, 1.165) is 6.20 Å². The van der Waals surface area contributed by atoms with Crippen LogP contribution < -0.4 is 16.4 Å². The molecule has 0 aromatic carbocycles. The fraction of sp³-hybridized carbons (Fsp3) is 0.643. The molecule has 10 nitrogen and oxygen atoms in total. The lowest BCUT2D eigenvalue weighted by atomic mass is 9.85. The van der Waals surface area contributed by atoms with Gasteiger partial charge in [0.2, 0.25) is 17.7 Å². The number of aliphatic hydroxyl groups excluding tert-OH is 1. The van der Waals surface area contributed by atoms with Gasteiger partial charge in [-0.1, -0.05) is 0 Å². The van der Waals surface area contributed by atoms with Crippen LogP contribution >= 0.6 is 0 Å². The third-order valence-electron chi connectivity index (χ3n) is 4.09. The summed E-state index contributed by atoms with van der Waals surface area (Å²) in [5.74, 6) is -0.0994. The highest BCUT2D eigenvalue weighted by Crippen LogP contribution is 2.29. The first-order valence-electron chi connectivity index (χ1n) is 7.85. The zero-order valence-corrected chi connectivity index (χ0v) is 13.4. The van der Waals surface area contributed by atoms with Gasteiger partial charge in [0.15, 0.2) is 0 Å². The topological polar surface area (TPSA) is 156 Å². The number of anilines is 2. The Morgan fingerprint density at radius 2 is 2.17 bits per heavy atom. The molecule has 132 valence electrons. The number of amides is 1. The predicted molar refractivity (Wildman–Crippen MR) is 87.4 cm³/mol. The first-order valence-corrected chi connectivity index (χ1v) is 7.85. The summed E-state index contributed by atoms with van der Waals surface area (Å²) in [6.07, 6.45) is 3.81. The van der Waals surface area contributed by atoms with Crippen molar-refractivity contribution in [3.05, 3.63) is 16.3 Å². The number of nitrogens with one attached hydrogen (secondary N) is 2. The van der Waals surface area contributed by atoms with Crippen LogP contribution in [0.4, 0.5) is 17.5 Å². The fourth-order valence-corrected chi connectivity index (χ4v) is 2.67. The summed E-state index contributed by atoms with van der Waals surface area (Å²) < 4.78 is 0. The molecule has 1 aliphatic rings. The van der Waals surface area contributed by atoms with E-state index in [2.05, 4.69) is 20.6 Å². The Kier molecular flexibility index (Phi) is 5.85. The van der Waals surface area contributed by atoms with E-state index in [1.165, 1.54) is 0 Å². The van der Waals surface area contributed by atoms with Crippen molar-refractivity contribution in [1.82, 2.24) is 9.97 Å². The van der Waals surface area contributed by atoms with Gasteiger partial charge in [-0.25, -0.2) is 4.98 Å². The average molecular weight is 338 g/mol. The summed E-state index contributed by atoms with van der Waals surface area (Å²) in [5.41, 5.74) is 5.10. The molecule has 10 heteroatoms. The molecular weight excluding hydrogens is 316 g/mol. The van der Waals surface area contributed by atoms with Crippen LogP contribution in [0.5, 0.6) is 0 Å². The van der Waals surface area contributed by atoms with Crippen LogP contribution in [0.2, 0.25) is 0 Å². The number of aliphatic hydroxyl groups is 1. The smallest absolute Gasteiger partial charge is 0.329 e. The van der Waals surface area contributed by atoms with Gasteiger partial charge in [-0.2, -0.15) is 4.98 Å². The van der Waals surface area contributed by atoms with E-state index >= 15 is 0 Å². The van der Waals surface area contributed by atoms with E-state index in [1.807, 2.05) is 0 Å². The van der Waals surface area contributed by atoms with Crippen molar-refractivity contribution in [3.63, 3.8) is 0 Å². The van der Waals surface area contributed by atoms with Gasteiger partial charge in [-0.05, 0) is 32.6 Å². The summed E-state index contributed by atoms with van der Waals surface area (Å²) in [6, 6.07) is -0.289. The number of carbonyl (C=O) groups excluding carboxylic acids is 1. The molecule has 0 aliphatic heterocycles. The Hall–Kier alpha value is -2.49. The molecule has 0 radical (unpaired) electrons. The average Bonchev–Trinajstić information content (AvgIpc) is 2.55. The van der Waals surface area contributed by atoms with Crippen molar-refractivity contribution < 1.29 is 14.8 Å². The Balaban J connectivity index is 2.10. The molecular formula is C14H22N6O4. The maximum Gasteiger partial charge on any atom is 0.329 e. The number of nitrogens with two attached hydrogens (primary N) is 1. The molecule has 24 heavy (non-hydrogen) atoms. The molecule has 1 amide bonds. The zero-order valence-electron chi connectivity index (χ0n) is 13.4. The van der Waals surface area contributed by atoms with Crippen LogP contribution in [0.1, 0.15) is 32.6 Å². The van der Waals surface area contributed by atoms with E-state index in [1.54, 1.807) is 6.92 Å². The van der Waals surface area contributed by atoms with Gasteiger partial charge < -0.3 is 21.5 Å². The number of hydrogen-bond donors (Lipinski definition) is 4. The molecule has 1 aromatic rings. The van der Waals surface area contributed by atoms with Gasteiger partial charge in [0.1, 0.15) is 6.20 Å². The van der Waals surface area contributed by atoms with E-state index < -0.39 is 4.92 Å². The van der Waals surface area contributed by atoms with Crippen LogP contribution in [0.3, 0.4) is 0 Å². The standard InChI is InChI=1S/C14H22N6O4/c1-8(7-21)17-14-16-6-11(20(23)24)13(19-14)18-10-4-2-9(3-5-10)12(15)22/h6,8-10,21H,2-5,7H2,1H3,(H2,15,22)(H2,16,17,18,19)/t8-,9-,10-/m0/s1. The summed E-state index contributed by atoms with van der Waals surface area (Å²) in [7, 11) is 0. The maximum absolute atomic E-state index is 11.2. The normalized spacial score (nSPS) is 21.8. The van der Waals surface area contributed by atoms with Crippen molar-refractivity contribution >= 4 is 23.4 Å². The Labute approximate surface area is 139 Å². The fourth-order valence-electron chi connectivity index (χ4n) is 2.67. The van der Waals surface area contributed by atoms with E-state index in [9.17, 15) is 14.9 Å². The van der Waals surface area contributed by atoms with Crippen molar-refractivity contribution in [1.29, 1.82) is 0 Å². The van der Waals surface area contributed by atoms with Crippen LogP contribution in [-0.2, 0) is 4.79 Å². The van der Waals surface area contributed by atoms with Crippen LogP contribution in [0, 0.1) is 16.0 Å². The molecule has 0 bridgehead atoms. The first-order chi connectivity index (χ1) is 11.4. The zero-order chi connectivity index (χ0) is 17.7.